The zero-order valence-corrected chi connectivity index (χ0v) is 21.4. The number of aromatic amines is 1. The highest BCUT2D eigenvalue weighted by Crippen LogP contribution is 2.29. The molecule has 2 atom stereocenters. The molecule has 6 rings (SSSR count). The lowest BCUT2D eigenvalue weighted by molar-refractivity contribution is -0.179. The van der Waals surface area contributed by atoms with Gasteiger partial charge >= 0.3 is 0 Å². The first kappa shape index (κ1) is 24.9. The Kier molecular flexibility index (Phi) is 7.16. The SMILES string of the molecule is C=N/C=C(\C=C(/C)c1ccc2[nH]nc(C(=O)Nc3ccc(OC(C)C)nc3)c2c1)CN1CC2CC(C1)O2. The predicted molar refractivity (Wildman–Crippen MR) is 145 cm³/mol. The van der Waals surface area contributed by atoms with Gasteiger partial charge in [0.2, 0.25) is 5.88 Å². The Balaban J connectivity index is 1.32. The zero-order valence-electron chi connectivity index (χ0n) is 21.4. The fourth-order valence-corrected chi connectivity index (χ4v) is 4.82. The summed E-state index contributed by atoms with van der Waals surface area (Å²) in [6.07, 6.45) is 7.42. The van der Waals surface area contributed by atoms with Crippen LogP contribution in [0.4, 0.5) is 5.69 Å². The molecule has 2 unspecified atom stereocenters. The van der Waals surface area contributed by atoms with E-state index < -0.39 is 0 Å². The Morgan fingerprint density at radius 3 is 2.78 bits per heavy atom. The lowest BCUT2D eigenvalue weighted by Gasteiger charge is -2.47. The third-order valence-corrected chi connectivity index (χ3v) is 6.48. The van der Waals surface area contributed by atoms with Gasteiger partial charge < -0.3 is 14.8 Å². The Bertz CT molecular complexity index is 1340. The fraction of sp³-hybridized carbons (Fsp3) is 0.357. The number of morpholine rings is 1. The molecule has 0 saturated carbocycles. The number of fused-ring (bicyclic) bond motifs is 3. The van der Waals surface area contributed by atoms with Gasteiger partial charge in [-0.05, 0) is 62.4 Å². The first-order valence-corrected chi connectivity index (χ1v) is 12.5. The van der Waals surface area contributed by atoms with Crippen LogP contribution in [0.1, 0.15) is 43.2 Å². The number of amides is 1. The van der Waals surface area contributed by atoms with Crippen molar-refractivity contribution >= 4 is 34.8 Å². The minimum atomic E-state index is -0.313. The van der Waals surface area contributed by atoms with E-state index in [4.69, 9.17) is 9.47 Å². The summed E-state index contributed by atoms with van der Waals surface area (Å²) in [5, 5.41) is 10.8. The quantitative estimate of drug-likeness (QED) is 0.332. The number of nitrogens with one attached hydrogen (secondary N) is 2. The smallest absolute Gasteiger partial charge is 0.276 e. The highest BCUT2D eigenvalue weighted by atomic mass is 16.5. The summed E-state index contributed by atoms with van der Waals surface area (Å²) in [4.78, 5) is 23.7. The molecular weight excluding hydrogens is 468 g/mol. The minimum absolute atomic E-state index is 0.0274. The first-order chi connectivity index (χ1) is 17.9. The van der Waals surface area contributed by atoms with Crippen molar-refractivity contribution in [3.8, 4) is 5.88 Å². The molecule has 9 nitrogen and oxygen atoms in total. The van der Waals surface area contributed by atoms with Crippen molar-refractivity contribution in [3.05, 3.63) is 65.6 Å². The van der Waals surface area contributed by atoms with Gasteiger partial charge in [0.05, 0.1) is 35.7 Å². The normalized spacial score (nSPS) is 20.1. The molecule has 0 spiro atoms. The van der Waals surface area contributed by atoms with Crippen LogP contribution in [0.25, 0.3) is 16.5 Å². The molecule has 192 valence electrons. The Labute approximate surface area is 216 Å². The number of nitrogens with zero attached hydrogens (tertiary/aromatic N) is 4. The molecule has 3 saturated heterocycles. The second-order valence-electron chi connectivity index (χ2n) is 9.86. The number of carbonyl (C=O) groups is 1. The van der Waals surface area contributed by atoms with Gasteiger partial charge in [0.25, 0.3) is 5.91 Å². The molecule has 9 heteroatoms. The van der Waals surface area contributed by atoms with Crippen LogP contribution in [0.3, 0.4) is 0 Å². The van der Waals surface area contributed by atoms with Crippen LogP contribution < -0.4 is 10.1 Å². The number of ether oxygens (including phenoxy) is 2. The maximum atomic E-state index is 13.0. The van der Waals surface area contributed by atoms with Gasteiger partial charge in [-0.2, -0.15) is 5.10 Å². The van der Waals surface area contributed by atoms with Crippen molar-refractivity contribution in [2.45, 2.75) is 45.5 Å². The van der Waals surface area contributed by atoms with Crippen LogP contribution in [0.2, 0.25) is 0 Å². The molecule has 1 amide bonds. The molecule has 2 bridgehead atoms. The molecule has 3 fully saturated rings. The summed E-state index contributed by atoms with van der Waals surface area (Å²) in [5.74, 6) is 0.197. The van der Waals surface area contributed by atoms with Gasteiger partial charge in [-0.15, -0.1) is 0 Å². The topological polar surface area (TPSA) is 105 Å². The lowest BCUT2D eigenvalue weighted by Crippen LogP contribution is -2.57. The monoisotopic (exact) mass is 500 g/mol. The molecule has 1 aromatic carbocycles. The third kappa shape index (κ3) is 5.79. The van der Waals surface area contributed by atoms with Gasteiger partial charge in [0.15, 0.2) is 5.69 Å². The molecule has 0 aliphatic carbocycles. The van der Waals surface area contributed by atoms with Crippen LogP contribution in [0.15, 0.2) is 59.4 Å². The average Bonchev–Trinajstić information content (AvgIpc) is 3.28. The molecule has 0 radical (unpaired) electrons. The minimum Gasteiger partial charge on any atom is -0.475 e. The highest BCUT2D eigenvalue weighted by Gasteiger charge is 2.38. The zero-order chi connectivity index (χ0) is 25.9. The molecule has 2 aromatic heterocycles. The maximum absolute atomic E-state index is 13.0. The summed E-state index contributed by atoms with van der Waals surface area (Å²) in [5.41, 5.74) is 4.82. The largest absolute Gasteiger partial charge is 0.475 e. The number of pyridine rings is 1. The Morgan fingerprint density at radius 2 is 2.11 bits per heavy atom. The molecule has 3 aliphatic rings. The maximum Gasteiger partial charge on any atom is 0.276 e. The van der Waals surface area contributed by atoms with E-state index in [0.29, 0.717) is 29.5 Å². The summed E-state index contributed by atoms with van der Waals surface area (Å²) in [6, 6.07) is 9.44. The van der Waals surface area contributed by atoms with Crippen LogP contribution in [0, 0.1) is 0 Å². The van der Waals surface area contributed by atoms with Crippen molar-refractivity contribution in [1.29, 1.82) is 0 Å². The highest BCUT2D eigenvalue weighted by molar-refractivity contribution is 6.11. The van der Waals surface area contributed by atoms with Gasteiger partial charge in [-0.3, -0.25) is 19.8 Å². The van der Waals surface area contributed by atoms with Gasteiger partial charge in [-0.25, -0.2) is 4.98 Å². The summed E-state index contributed by atoms with van der Waals surface area (Å²) >= 11 is 0. The van der Waals surface area contributed by atoms with Crippen molar-refractivity contribution in [2.24, 2.45) is 4.99 Å². The van der Waals surface area contributed by atoms with E-state index >= 15 is 0 Å². The van der Waals surface area contributed by atoms with Crippen LogP contribution in [-0.4, -0.2) is 70.7 Å². The number of hydrogen-bond donors (Lipinski definition) is 2. The third-order valence-electron chi connectivity index (χ3n) is 6.48. The van der Waals surface area contributed by atoms with E-state index in [2.05, 4.69) is 50.1 Å². The van der Waals surface area contributed by atoms with Crippen molar-refractivity contribution in [2.75, 3.05) is 25.0 Å². The molecule has 2 N–H and O–H groups in total. The summed E-state index contributed by atoms with van der Waals surface area (Å²) in [7, 11) is 0. The van der Waals surface area contributed by atoms with Crippen LogP contribution in [-0.2, 0) is 4.74 Å². The van der Waals surface area contributed by atoms with E-state index in [1.807, 2.05) is 38.2 Å². The average molecular weight is 501 g/mol. The number of anilines is 1. The fourth-order valence-electron chi connectivity index (χ4n) is 4.82. The van der Waals surface area contributed by atoms with E-state index in [1.165, 1.54) is 6.42 Å². The van der Waals surface area contributed by atoms with Crippen molar-refractivity contribution in [1.82, 2.24) is 20.1 Å². The predicted octanol–water partition coefficient (Wildman–Crippen LogP) is 4.46. The van der Waals surface area contributed by atoms with E-state index in [-0.39, 0.29) is 12.0 Å². The van der Waals surface area contributed by atoms with Gasteiger partial charge in [-0.1, -0.05) is 12.1 Å². The summed E-state index contributed by atoms with van der Waals surface area (Å²) in [6.45, 7) is 12.3. The molecule has 37 heavy (non-hydrogen) atoms. The number of piperidine rings is 1. The van der Waals surface area contributed by atoms with Crippen LogP contribution in [0.5, 0.6) is 5.88 Å². The number of allylic oxidation sites excluding steroid dienone is 1. The number of benzene rings is 1. The van der Waals surface area contributed by atoms with Crippen molar-refractivity contribution < 1.29 is 14.3 Å². The molecule has 3 aromatic rings. The van der Waals surface area contributed by atoms with Crippen molar-refractivity contribution in [3.63, 3.8) is 0 Å². The number of H-pyrrole nitrogens is 1. The first-order valence-electron chi connectivity index (χ1n) is 12.5. The Hall–Kier alpha value is -3.82. The molecular formula is C28H32N6O3. The standard InChI is InChI=1S/C28H32N6O3/c1-17(2)36-26-8-6-21(13-30-26)31-28(35)27-24-10-20(5-7-25(24)32-33-27)18(3)9-19(12-29-4)14-34-15-22-11-23(16-34)37-22/h5-10,12-13,17,22-23H,4,11,14-16H2,1-3H3,(H,31,35)(H,32,33)/b18-9+,19-12+. The number of aliphatic imine (C=N–C) groups is 1. The number of rotatable bonds is 9. The van der Waals surface area contributed by atoms with E-state index in [1.54, 1.807) is 18.3 Å². The summed E-state index contributed by atoms with van der Waals surface area (Å²) < 4.78 is 11.3. The molecule has 3 aliphatic heterocycles. The second-order valence-corrected chi connectivity index (χ2v) is 9.86. The van der Waals surface area contributed by atoms with Gasteiger partial charge in [0, 0.05) is 43.7 Å². The lowest BCUT2D eigenvalue weighted by atomic mass is 9.97. The number of aromatic nitrogens is 3. The number of hydrogen-bond acceptors (Lipinski definition) is 7. The number of carbonyl (C=O) groups excluding carboxylic acids is 1. The second kappa shape index (κ2) is 10.7. The van der Waals surface area contributed by atoms with E-state index in [0.717, 1.165) is 47.2 Å². The Morgan fingerprint density at radius 1 is 1.32 bits per heavy atom. The van der Waals surface area contributed by atoms with Gasteiger partial charge in [0.1, 0.15) is 0 Å². The van der Waals surface area contributed by atoms with E-state index in [9.17, 15) is 4.79 Å². The molecule has 5 heterocycles. The van der Waals surface area contributed by atoms with Crippen LogP contribution >= 0.6 is 0 Å².